The van der Waals surface area contributed by atoms with E-state index in [0.717, 1.165) is 18.7 Å². The summed E-state index contributed by atoms with van der Waals surface area (Å²) < 4.78 is 5.31. The predicted molar refractivity (Wildman–Crippen MR) is 53.1 cm³/mol. The van der Waals surface area contributed by atoms with Crippen LogP contribution in [-0.2, 0) is 6.42 Å². The molecule has 1 aliphatic rings. The maximum atomic E-state index is 5.70. The first-order valence-electron chi connectivity index (χ1n) is 4.72. The Morgan fingerprint density at radius 2 is 2.38 bits per heavy atom. The molecule has 0 bridgehead atoms. The number of rotatable bonds is 2. The Bertz CT molecular complexity index is 309. The van der Waals surface area contributed by atoms with E-state index in [1.807, 2.05) is 12.1 Å². The standard InChI is InChI=1S/C11H15NO/c1-13-11-4-2-3-9-8(7-12)5-6-10(9)11/h2-4,8H,5-7,12H2,1H3. The Kier molecular flexibility index (Phi) is 2.23. The Balaban J connectivity index is 2.43. The molecule has 0 amide bonds. The van der Waals surface area contributed by atoms with Crippen molar-refractivity contribution >= 4 is 0 Å². The summed E-state index contributed by atoms with van der Waals surface area (Å²) in [5.41, 5.74) is 8.45. The highest BCUT2D eigenvalue weighted by Gasteiger charge is 2.23. The van der Waals surface area contributed by atoms with Crippen molar-refractivity contribution in [2.24, 2.45) is 5.73 Å². The molecule has 0 aromatic heterocycles. The fraction of sp³-hybridized carbons (Fsp3) is 0.455. The van der Waals surface area contributed by atoms with Crippen molar-refractivity contribution in [1.82, 2.24) is 0 Å². The Morgan fingerprint density at radius 3 is 3.08 bits per heavy atom. The van der Waals surface area contributed by atoms with Crippen LogP contribution >= 0.6 is 0 Å². The number of ether oxygens (including phenoxy) is 1. The number of nitrogens with two attached hydrogens (primary N) is 1. The average molecular weight is 177 g/mol. The molecular formula is C11H15NO. The van der Waals surface area contributed by atoms with Crippen molar-refractivity contribution in [1.29, 1.82) is 0 Å². The molecule has 0 radical (unpaired) electrons. The first-order chi connectivity index (χ1) is 6.36. The molecule has 1 unspecified atom stereocenters. The Labute approximate surface area is 78.7 Å². The minimum Gasteiger partial charge on any atom is -0.496 e. The van der Waals surface area contributed by atoms with Gasteiger partial charge in [-0.05, 0) is 42.5 Å². The predicted octanol–water partition coefficient (Wildman–Crippen LogP) is 1.68. The first kappa shape index (κ1) is 8.57. The number of hydrogen-bond donors (Lipinski definition) is 1. The van der Waals surface area contributed by atoms with Crippen LogP contribution in [0.5, 0.6) is 5.75 Å². The monoisotopic (exact) mass is 177 g/mol. The van der Waals surface area contributed by atoms with E-state index in [9.17, 15) is 0 Å². The molecule has 1 aromatic carbocycles. The largest absolute Gasteiger partial charge is 0.496 e. The lowest BCUT2D eigenvalue weighted by Crippen LogP contribution is -2.09. The van der Waals surface area contributed by atoms with Gasteiger partial charge in [-0.3, -0.25) is 0 Å². The highest BCUT2D eigenvalue weighted by Crippen LogP contribution is 2.37. The SMILES string of the molecule is COc1cccc2c1CCC2CN. The van der Waals surface area contributed by atoms with Gasteiger partial charge in [0.15, 0.2) is 0 Å². The molecule has 1 atom stereocenters. The highest BCUT2D eigenvalue weighted by atomic mass is 16.5. The fourth-order valence-corrected chi connectivity index (χ4v) is 2.14. The molecular weight excluding hydrogens is 162 g/mol. The van der Waals surface area contributed by atoms with E-state index in [-0.39, 0.29) is 0 Å². The van der Waals surface area contributed by atoms with Gasteiger partial charge >= 0.3 is 0 Å². The third kappa shape index (κ3) is 1.31. The van der Waals surface area contributed by atoms with Gasteiger partial charge < -0.3 is 10.5 Å². The molecule has 0 fully saturated rings. The minimum atomic E-state index is 0.546. The maximum absolute atomic E-state index is 5.70. The van der Waals surface area contributed by atoms with Crippen molar-refractivity contribution in [2.45, 2.75) is 18.8 Å². The molecule has 2 N–H and O–H groups in total. The van der Waals surface area contributed by atoms with Gasteiger partial charge in [0.1, 0.15) is 5.75 Å². The van der Waals surface area contributed by atoms with Crippen LogP contribution < -0.4 is 10.5 Å². The van der Waals surface area contributed by atoms with Crippen LogP contribution in [0.15, 0.2) is 18.2 Å². The minimum absolute atomic E-state index is 0.546. The van der Waals surface area contributed by atoms with E-state index in [1.54, 1.807) is 7.11 Å². The molecule has 1 aliphatic carbocycles. The average Bonchev–Trinajstić information content (AvgIpc) is 2.60. The zero-order valence-electron chi connectivity index (χ0n) is 7.92. The quantitative estimate of drug-likeness (QED) is 0.746. The van der Waals surface area contributed by atoms with Crippen LogP contribution in [0.25, 0.3) is 0 Å². The lowest BCUT2D eigenvalue weighted by molar-refractivity contribution is 0.410. The summed E-state index contributed by atoms with van der Waals surface area (Å²) in [7, 11) is 1.73. The van der Waals surface area contributed by atoms with E-state index >= 15 is 0 Å². The second-order valence-electron chi connectivity index (χ2n) is 3.50. The summed E-state index contributed by atoms with van der Waals surface area (Å²) in [5, 5.41) is 0. The number of fused-ring (bicyclic) bond motifs is 1. The summed E-state index contributed by atoms with van der Waals surface area (Å²) >= 11 is 0. The van der Waals surface area contributed by atoms with E-state index in [2.05, 4.69) is 6.07 Å². The number of hydrogen-bond acceptors (Lipinski definition) is 2. The van der Waals surface area contributed by atoms with Crippen molar-refractivity contribution in [2.75, 3.05) is 13.7 Å². The summed E-state index contributed by atoms with van der Waals surface area (Å²) in [4.78, 5) is 0. The maximum Gasteiger partial charge on any atom is 0.122 e. The second kappa shape index (κ2) is 3.38. The first-order valence-corrected chi connectivity index (χ1v) is 4.72. The lowest BCUT2D eigenvalue weighted by Gasteiger charge is -2.09. The molecule has 1 aromatic rings. The zero-order chi connectivity index (χ0) is 9.26. The van der Waals surface area contributed by atoms with Gasteiger partial charge in [0.05, 0.1) is 7.11 Å². The number of benzene rings is 1. The van der Waals surface area contributed by atoms with Gasteiger partial charge in [0.2, 0.25) is 0 Å². The van der Waals surface area contributed by atoms with Crippen LogP contribution in [-0.4, -0.2) is 13.7 Å². The molecule has 2 heteroatoms. The van der Waals surface area contributed by atoms with Gasteiger partial charge in [0, 0.05) is 0 Å². The molecule has 2 rings (SSSR count). The molecule has 13 heavy (non-hydrogen) atoms. The van der Waals surface area contributed by atoms with E-state index < -0.39 is 0 Å². The normalized spacial score (nSPS) is 20.0. The third-order valence-corrected chi connectivity index (χ3v) is 2.86. The molecule has 0 spiro atoms. The summed E-state index contributed by atoms with van der Waals surface area (Å²) in [6.07, 6.45) is 2.29. The molecule has 2 nitrogen and oxygen atoms in total. The van der Waals surface area contributed by atoms with Crippen molar-refractivity contribution in [3.8, 4) is 5.75 Å². The number of methoxy groups -OCH3 is 1. The van der Waals surface area contributed by atoms with Crippen LogP contribution in [0, 0.1) is 0 Å². The topological polar surface area (TPSA) is 35.2 Å². The van der Waals surface area contributed by atoms with Crippen LogP contribution in [0.3, 0.4) is 0 Å². The van der Waals surface area contributed by atoms with Crippen LogP contribution in [0.2, 0.25) is 0 Å². The van der Waals surface area contributed by atoms with Gasteiger partial charge in [-0.2, -0.15) is 0 Å². The molecule has 0 saturated carbocycles. The van der Waals surface area contributed by atoms with Gasteiger partial charge in [-0.15, -0.1) is 0 Å². The van der Waals surface area contributed by atoms with E-state index in [1.165, 1.54) is 17.5 Å². The van der Waals surface area contributed by atoms with E-state index in [0.29, 0.717) is 5.92 Å². The van der Waals surface area contributed by atoms with Crippen molar-refractivity contribution in [3.63, 3.8) is 0 Å². The zero-order valence-corrected chi connectivity index (χ0v) is 7.92. The molecule has 0 heterocycles. The van der Waals surface area contributed by atoms with E-state index in [4.69, 9.17) is 10.5 Å². The Morgan fingerprint density at radius 1 is 1.54 bits per heavy atom. The molecule has 0 aliphatic heterocycles. The van der Waals surface area contributed by atoms with Crippen molar-refractivity contribution in [3.05, 3.63) is 29.3 Å². The van der Waals surface area contributed by atoms with Crippen LogP contribution in [0.4, 0.5) is 0 Å². The second-order valence-corrected chi connectivity index (χ2v) is 3.50. The highest BCUT2D eigenvalue weighted by molar-refractivity contribution is 5.45. The van der Waals surface area contributed by atoms with Gasteiger partial charge in [-0.25, -0.2) is 0 Å². The van der Waals surface area contributed by atoms with Crippen LogP contribution in [0.1, 0.15) is 23.5 Å². The molecule has 0 saturated heterocycles. The van der Waals surface area contributed by atoms with Gasteiger partial charge in [0.25, 0.3) is 0 Å². The Hall–Kier alpha value is -1.02. The lowest BCUT2D eigenvalue weighted by atomic mass is 10.0. The summed E-state index contributed by atoms with van der Waals surface area (Å²) in [6, 6.07) is 6.24. The fourth-order valence-electron chi connectivity index (χ4n) is 2.14. The molecule has 70 valence electrons. The van der Waals surface area contributed by atoms with Crippen molar-refractivity contribution < 1.29 is 4.74 Å². The summed E-state index contributed by atoms with van der Waals surface area (Å²) in [6.45, 7) is 0.750. The smallest absolute Gasteiger partial charge is 0.122 e. The summed E-state index contributed by atoms with van der Waals surface area (Å²) in [5.74, 6) is 1.57. The third-order valence-electron chi connectivity index (χ3n) is 2.86. The van der Waals surface area contributed by atoms with Gasteiger partial charge in [-0.1, -0.05) is 12.1 Å².